The number of alkyl halides is 1. The second-order valence-electron chi connectivity index (χ2n) is 3.53. The summed E-state index contributed by atoms with van der Waals surface area (Å²) >= 11 is 2.19. The van der Waals surface area contributed by atoms with Crippen molar-refractivity contribution in [2.75, 3.05) is 11.0 Å². The van der Waals surface area contributed by atoms with Crippen LogP contribution in [0.25, 0.3) is 0 Å². The van der Waals surface area contributed by atoms with E-state index in [2.05, 4.69) is 27.3 Å². The average molecular weight is 364 g/mol. The lowest BCUT2D eigenvalue weighted by Crippen LogP contribution is -2.25. The average Bonchev–Trinajstić information content (AvgIpc) is 2.29. The molecule has 0 bridgehead atoms. The minimum absolute atomic E-state index is 0.185. The van der Waals surface area contributed by atoms with Gasteiger partial charge in [0.1, 0.15) is 0 Å². The van der Waals surface area contributed by atoms with Crippen molar-refractivity contribution in [2.24, 2.45) is 0 Å². The van der Waals surface area contributed by atoms with E-state index in [9.17, 15) is 8.42 Å². The molecule has 0 saturated heterocycles. The third-order valence-electron chi connectivity index (χ3n) is 2.21. The van der Waals surface area contributed by atoms with Gasteiger partial charge in [-0.3, -0.25) is 0 Å². The summed E-state index contributed by atoms with van der Waals surface area (Å²) in [7, 11) is -3.50. The van der Waals surface area contributed by atoms with Crippen molar-refractivity contribution in [1.29, 1.82) is 5.26 Å². The number of nitrogens with one attached hydrogen (secondary N) is 1. The van der Waals surface area contributed by atoms with Gasteiger partial charge in [-0.15, -0.1) is 0 Å². The number of nitrogens with zero attached hydrogens (tertiary/aromatic N) is 1. The van der Waals surface area contributed by atoms with Crippen LogP contribution in [-0.4, -0.2) is 19.4 Å². The summed E-state index contributed by atoms with van der Waals surface area (Å²) in [5.41, 5.74) is 0.996. The molecule has 0 atom stereocenters. The van der Waals surface area contributed by atoms with Gasteiger partial charge in [0.05, 0.1) is 16.5 Å². The Hall–Kier alpha value is -0.650. The minimum Gasteiger partial charge on any atom is -0.211 e. The van der Waals surface area contributed by atoms with Gasteiger partial charge in [-0.1, -0.05) is 28.7 Å². The fourth-order valence-electron chi connectivity index (χ4n) is 1.31. The first-order valence-corrected chi connectivity index (χ1v) is 8.08. The molecule has 1 rings (SSSR count). The van der Waals surface area contributed by atoms with Gasteiger partial charge in [-0.05, 0) is 31.0 Å². The standard InChI is InChI=1S/C11H13IN2O2S/c1-9-3-4-10(8-13)7-11(9)17(15,16)14-6-2-5-12/h3-4,7,14H,2,5-6H2,1H3. The second-order valence-corrected chi connectivity index (χ2v) is 6.35. The molecule has 17 heavy (non-hydrogen) atoms. The van der Waals surface area contributed by atoms with Crippen LogP contribution in [0, 0.1) is 18.3 Å². The molecule has 0 unspecified atom stereocenters. The Morgan fingerprint density at radius 3 is 2.76 bits per heavy atom. The zero-order chi connectivity index (χ0) is 12.9. The summed E-state index contributed by atoms with van der Waals surface area (Å²) < 4.78 is 27.4. The molecular formula is C11H13IN2O2S. The number of benzene rings is 1. The van der Waals surface area contributed by atoms with Crippen LogP contribution in [0.3, 0.4) is 0 Å². The van der Waals surface area contributed by atoms with Gasteiger partial charge in [0.2, 0.25) is 10.0 Å². The number of rotatable bonds is 5. The van der Waals surface area contributed by atoms with Gasteiger partial charge in [0, 0.05) is 11.0 Å². The van der Waals surface area contributed by atoms with Crippen LogP contribution in [0.5, 0.6) is 0 Å². The highest BCUT2D eigenvalue weighted by Crippen LogP contribution is 2.16. The number of hydrogen-bond acceptors (Lipinski definition) is 3. The maximum absolute atomic E-state index is 12.0. The number of sulfonamides is 1. The molecule has 0 aliphatic rings. The molecule has 0 aromatic heterocycles. The van der Waals surface area contributed by atoms with Gasteiger partial charge in [0.15, 0.2) is 0 Å². The SMILES string of the molecule is Cc1ccc(C#N)cc1S(=O)(=O)NCCCI. The number of nitriles is 1. The molecular weight excluding hydrogens is 351 g/mol. The lowest BCUT2D eigenvalue weighted by atomic mass is 10.2. The molecule has 0 fully saturated rings. The first-order chi connectivity index (χ1) is 8.01. The molecule has 0 amide bonds. The zero-order valence-electron chi connectivity index (χ0n) is 9.40. The smallest absolute Gasteiger partial charge is 0.211 e. The Kier molecular flexibility index (Phi) is 5.36. The van der Waals surface area contributed by atoms with Gasteiger partial charge < -0.3 is 0 Å². The lowest BCUT2D eigenvalue weighted by Gasteiger charge is -2.08. The van der Waals surface area contributed by atoms with Crippen LogP contribution in [0.1, 0.15) is 17.5 Å². The monoisotopic (exact) mass is 364 g/mol. The highest BCUT2D eigenvalue weighted by Gasteiger charge is 2.16. The van der Waals surface area contributed by atoms with E-state index in [1.807, 2.05) is 6.07 Å². The van der Waals surface area contributed by atoms with Crippen LogP contribution < -0.4 is 4.72 Å². The van der Waals surface area contributed by atoms with E-state index in [1.165, 1.54) is 6.07 Å². The van der Waals surface area contributed by atoms with Crippen molar-refractivity contribution in [2.45, 2.75) is 18.2 Å². The second kappa shape index (κ2) is 6.33. The predicted molar refractivity (Wildman–Crippen MR) is 74.6 cm³/mol. The Balaban J connectivity index is 3.02. The van der Waals surface area contributed by atoms with Crippen molar-refractivity contribution in [3.63, 3.8) is 0 Å². The van der Waals surface area contributed by atoms with E-state index in [4.69, 9.17) is 5.26 Å². The van der Waals surface area contributed by atoms with Crippen molar-refractivity contribution in [1.82, 2.24) is 4.72 Å². The van der Waals surface area contributed by atoms with Crippen molar-refractivity contribution in [3.05, 3.63) is 29.3 Å². The van der Waals surface area contributed by atoms with Crippen LogP contribution in [0.4, 0.5) is 0 Å². The first kappa shape index (κ1) is 14.4. The number of hydrogen-bond donors (Lipinski definition) is 1. The van der Waals surface area contributed by atoms with Gasteiger partial charge in [-0.2, -0.15) is 5.26 Å². The molecule has 1 N–H and O–H groups in total. The maximum Gasteiger partial charge on any atom is 0.240 e. The molecule has 4 nitrogen and oxygen atoms in total. The molecule has 0 spiro atoms. The van der Waals surface area contributed by atoms with E-state index in [0.717, 1.165) is 10.8 Å². The minimum atomic E-state index is -3.50. The fourth-order valence-corrected chi connectivity index (χ4v) is 3.03. The zero-order valence-corrected chi connectivity index (χ0v) is 12.4. The van der Waals surface area contributed by atoms with Gasteiger partial charge in [0.25, 0.3) is 0 Å². The number of halogens is 1. The van der Waals surface area contributed by atoms with Crippen LogP contribution in [0.2, 0.25) is 0 Å². The van der Waals surface area contributed by atoms with E-state index in [1.54, 1.807) is 19.1 Å². The fraction of sp³-hybridized carbons (Fsp3) is 0.364. The molecule has 1 aromatic carbocycles. The summed E-state index contributed by atoms with van der Waals surface area (Å²) in [4.78, 5) is 0.185. The molecule has 0 aliphatic heterocycles. The van der Waals surface area contributed by atoms with Crippen LogP contribution in [-0.2, 0) is 10.0 Å². The summed E-state index contributed by atoms with van der Waals surface area (Å²) in [6.07, 6.45) is 0.788. The van der Waals surface area contributed by atoms with E-state index >= 15 is 0 Å². The number of aryl methyl sites for hydroxylation is 1. The quantitative estimate of drug-likeness (QED) is 0.493. The van der Waals surface area contributed by atoms with Crippen molar-refractivity contribution < 1.29 is 8.42 Å². The van der Waals surface area contributed by atoms with E-state index in [-0.39, 0.29) is 4.90 Å². The third-order valence-corrected chi connectivity index (χ3v) is 4.58. The Bertz CT molecular complexity index is 535. The van der Waals surface area contributed by atoms with E-state index in [0.29, 0.717) is 17.7 Å². The Morgan fingerprint density at radius 1 is 1.47 bits per heavy atom. The summed E-state index contributed by atoms with van der Waals surface area (Å²) in [5, 5.41) is 8.77. The van der Waals surface area contributed by atoms with Gasteiger partial charge >= 0.3 is 0 Å². The maximum atomic E-state index is 12.0. The molecule has 0 radical (unpaired) electrons. The predicted octanol–water partition coefficient (Wildman–Crippen LogP) is 1.97. The summed E-state index contributed by atoms with van der Waals surface area (Å²) in [5.74, 6) is 0. The molecule has 0 saturated carbocycles. The van der Waals surface area contributed by atoms with Crippen LogP contribution >= 0.6 is 22.6 Å². The molecule has 0 heterocycles. The van der Waals surface area contributed by atoms with Crippen molar-refractivity contribution >= 4 is 32.6 Å². The van der Waals surface area contributed by atoms with E-state index < -0.39 is 10.0 Å². The van der Waals surface area contributed by atoms with Crippen molar-refractivity contribution in [3.8, 4) is 6.07 Å². The molecule has 1 aromatic rings. The third kappa shape index (κ3) is 3.94. The topological polar surface area (TPSA) is 70.0 Å². The first-order valence-electron chi connectivity index (χ1n) is 5.07. The Morgan fingerprint density at radius 2 is 2.18 bits per heavy atom. The molecule has 92 valence electrons. The largest absolute Gasteiger partial charge is 0.240 e. The molecule has 0 aliphatic carbocycles. The van der Waals surface area contributed by atoms with Gasteiger partial charge in [-0.25, -0.2) is 13.1 Å². The van der Waals surface area contributed by atoms with Crippen LogP contribution in [0.15, 0.2) is 23.1 Å². The lowest BCUT2D eigenvalue weighted by molar-refractivity contribution is 0.580. The highest BCUT2D eigenvalue weighted by atomic mass is 127. The highest BCUT2D eigenvalue weighted by molar-refractivity contribution is 14.1. The Labute approximate surface area is 115 Å². The summed E-state index contributed by atoms with van der Waals surface area (Å²) in [6, 6.07) is 6.60. The molecule has 6 heteroatoms. The summed E-state index contributed by atoms with van der Waals surface area (Å²) in [6.45, 7) is 2.13. The normalized spacial score (nSPS) is 11.1.